The molecular formula is C17H23FN2O3. The van der Waals surface area contributed by atoms with Crippen molar-refractivity contribution in [2.75, 3.05) is 32.8 Å². The van der Waals surface area contributed by atoms with Gasteiger partial charge in [-0.1, -0.05) is 19.1 Å². The van der Waals surface area contributed by atoms with Crippen LogP contribution in [0.3, 0.4) is 0 Å². The third-order valence-corrected chi connectivity index (χ3v) is 3.85. The van der Waals surface area contributed by atoms with Crippen molar-refractivity contribution in [2.45, 2.75) is 26.2 Å². The van der Waals surface area contributed by atoms with E-state index in [4.69, 9.17) is 4.74 Å². The lowest BCUT2D eigenvalue weighted by molar-refractivity contribution is -0.134. The van der Waals surface area contributed by atoms with E-state index in [2.05, 4.69) is 0 Å². The summed E-state index contributed by atoms with van der Waals surface area (Å²) >= 11 is 0. The Morgan fingerprint density at radius 2 is 1.74 bits per heavy atom. The third kappa shape index (κ3) is 4.94. The Labute approximate surface area is 136 Å². The second kappa shape index (κ2) is 8.50. The molecule has 1 aliphatic rings. The second-order valence-electron chi connectivity index (χ2n) is 5.58. The van der Waals surface area contributed by atoms with E-state index >= 15 is 0 Å². The lowest BCUT2D eigenvalue weighted by Gasteiger charge is -2.22. The van der Waals surface area contributed by atoms with Crippen molar-refractivity contribution >= 4 is 11.8 Å². The van der Waals surface area contributed by atoms with Crippen LogP contribution in [0.15, 0.2) is 24.3 Å². The number of para-hydroxylation sites is 1. The average Bonchev–Trinajstić information content (AvgIpc) is 2.80. The highest BCUT2D eigenvalue weighted by molar-refractivity contribution is 5.78. The zero-order chi connectivity index (χ0) is 16.7. The molecule has 0 radical (unpaired) electrons. The van der Waals surface area contributed by atoms with Gasteiger partial charge in [0.05, 0.1) is 0 Å². The first-order chi connectivity index (χ1) is 11.1. The SMILES string of the molecule is CCCC(=O)N1CCCN(C(=O)COc2ccccc2F)CC1. The van der Waals surface area contributed by atoms with Gasteiger partial charge in [0.25, 0.3) is 5.91 Å². The Morgan fingerprint density at radius 3 is 2.39 bits per heavy atom. The monoisotopic (exact) mass is 322 g/mol. The fourth-order valence-corrected chi connectivity index (χ4v) is 2.58. The molecule has 0 atom stereocenters. The molecule has 0 unspecified atom stereocenters. The molecule has 2 rings (SSSR count). The van der Waals surface area contributed by atoms with Crippen LogP contribution in [0.5, 0.6) is 5.75 Å². The van der Waals surface area contributed by atoms with Gasteiger partial charge < -0.3 is 14.5 Å². The lowest BCUT2D eigenvalue weighted by Crippen LogP contribution is -2.39. The maximum Gasteiger partial charge on any atom is 0.260 e. The van der Waals surface area contributed by atoms with Crippen molar-refractivity contribution in [1.82, 2.24) is 9.80 Å². The van der Waals surface area contributed by atoms with Gasteiger partial charge in [-0.25, -0.2) is 4.39 Å². The summed E-state index contributed by atoms with van der Waals surface area (Å²) in [5.74, 6) is -0.439. The summed E-state index contributed by atoms with van der Waals surface area (Å²) in [5.41, 5.74) is 0. The second-order valence-corrected chi connectivity index (χ2v) is 5.58. The molecule has 1 saturated heterocycles. The van der Waals surface area contributed by atoms with E-state index in [9.17, 15) is 14.0 Å². The van der Waals surface area contributed by atoms with Gasteiger partial charge in [0.2, 0.25) is 5.91 Å². The molecule has 1 aromatic rings. The van der Waals surface area contributed by atoms with Gasteiger partial charge in [0.1, 0.15) is 0 Å². The van der Waals surface area contributed by atoms with E-state index < -0.39 is 5.82 Å². The highest BCUT2D eigenvalue weighted by atomic mass is 19.1. The normalized spacial score (nSPS) is 15.2. The highest BCUT2D eigenvalue weighted by Crippen LogP contribution is 2.15. The van der Waals surface area contributed by atoms with E-state index in [0.29, 0.717) is 32.6 Å². The average molecular weight is 322 g/mol. The molecule has 1 aliphatic heterocycles. The highest BCUT2D eigenvalue weighted by Gasteiger charge is 2.22. The van der Waals surface area contributed by atoms with Crippen molar-refractivity contribution in [1.29, 1.82) is 0 Å². The summed E-state index contributed by atoms with van der Waals surface area (Å²) in [6.07, 6.45) is 2.12. The van der Waals surface area contributed by atoms with Crippen LogP contribution in [-0.4, -0.2) is 54.4 Å². The number of nitrogens with zero attached hydrogens (tertiary/aromatic N) is 2. The largest absolute Gasteiger partial charge is 0.481 e. The minimum Gasteiger partial charge on any atom is -0.481 e. The number of hydrogen-bond acceptors (Lipinski definition) is 3. The van der Waals surface area contributed by atoms with Crippen molar-refractivity contribution < 1.29 is 18.7 Å². The van der Waals surface area contributed by atoms with E-state index in [1.54, 1.807) is 17.0 Å². The zero-order valence-corrected chi connectivity index (χ0v) is 13.5. The molecular weight excluding hydrogens is 299 g/mol. The molecule has 1 heterocycles. The summed E-state index contributed by atoms with van der Waals surface area (Å²) < 4.78 is 18.7. The molecule has 0 N–H and O–H groups in total. The van der Waals surface area contributed by atoms with Crippen LogP contribution in [0.25, 0.3) is 0 Å². The minimum absolute atomic E-state index is 0.0791. The van der Waals surface area contributed by atoms with Gasteiger partial charge in [-0.3, -0.25) is 9.59 Å². The topological polar surface area (TPSA) is 49.9 Å². The number of benzene rings is 1. The van der Waals surface area contributed by atoms with Crippen molar-refractivity contribution in [3.05, 3.63) is 30.1 Å². The summed E-state index contributed by atoms with van der Waals surface area (Å²) in [6, 6.07) is 6.02. The van der Waals surface area contributed by atoms with E-state index in [-0.39, 0.29) is 24.2 Å². The molecule has 1 aromatic carbocycles. The summed E-state index contributed by atoms with van der Waals surface area (Å²) in [7, 11) is 0. The molecule has 0 aromatic heterocycles. The standard InChI is InChI=1S/C17H23FN2O3/c1-2-6-16(21)19-9-5-10-20(12-11-19)17(22)13-23-15-8-4-3-7-14(15)18/h3-4,7-8H,2,5-6,9-13H2,1H3. The van der Waals surface area contributed by atoms with Crippen LogP contribution < -0.4 is 4.74 Å². The van der Waals surface area contributed by atoms with E-state index in [1.165, 1.54) is 12.1 Å². The van der Waals surface area contributed by atoms with Crippen LogP contribution in [0.1, 0.15) is 26.2 Å². The van der Waals surface area contributed by atoms with Crippen LogP contribution in [0, 0.1) is 5.82 Å². The Kier molecular flexibility index (Phi) is 6.38. The lowest BCUT2D eigenvalue weighted by atomic mass is 10.3. The Morgan fingerprint density at radius 1 is 1.09 bits per heavy atom. The van der Waals surface area contributed by atoms with E-state index in [1.807, 2.05) is 11.8 Å². The molecule has 0 bridgehead atoms. The Balaban J connectivity index is 1.83. The summed E-state index contributed by atoms with van der Waals surface area (Å²) in [5, 5.41) is 0. The molecule has 0 aliphatic carbocycles. The van der Waals surface area contributed by atoms with Crippen molar-refractivity contribution in [2.24, 2.45) is 0 Å². The maximum atomic E-state index is 13.5. The molecule has 6 heteroatoms. The maximum absolute atomic E-state index is 13.5. The van der Waals surface area contributed by atoms with Crippen LogP contribution in [-0.2, 0) is 9.59 Å². The third-order valence-electron chi connectivity index (χ3n) is 3.85. The Bertz CT molecular complexity index is 550. The minimum atomic E-state index is -0.479. The van der Waals surface area contributed by atoms with Gasteiger partial charge in [-0.2, -0.15) is 0 Å². The quantitative estimate of drug-likeness (QED) is 0.834. The number of carbonyl (C=O) groups is 2. The number of amides is 2. The van der Waals surface area contributed by atoms with Gasteiger partial charge in [-0.05, 0) is 25.0 Å². The van der Waals surface area contributed by atoms with Crippen molar-refractivity contribution in [3.8, 4) is 5.75 Å². The number of carbonyl (C=O) groups excluding carboxylic acids is 2. The fraction of sp³-hybridized carbons (Fsp3) is 0.529. The van der Waals surface area contributed by atoms with Gasteiger partial charge >= 0.3 is 0 Å². The molecule has 2 amide bonds. The first-order valence-corrected chi connectivity index (χ1v) is 8.04. The zero-order valence-electron chi connectivity index (χ0n) is 13.5. The summed E-state index contributed by atoms with van der Waals surface area (Å²) in [4.78, 5) is 27.6. The molecule has 0 spiro atoms. The number of ether oxygens (including phenoxy) is 1. The van der Waals surface area contributed by atoms with Crippen LogP contribution in [0.4, 0.5) is 4.39 Å². The predicted molar refractivity (Wildman–Crippen MR) is 84.6 cm³/mol. The number of rotatable bonds is 5. The number of halogens is 1. The van der Waals surface area contributed by atoms with Gasteiger partial charge in [-0.15, -0.1) is 0 Å². The van der Waals surface area contributed by atoms with Crippen LogP contribution >= 0.6 is 0 Å². The molecule has 1 fully saturated rings. The molecule has 0 saturated carbocycles. The predicted octanol–water partition coefficient (Wildman–Crippen LogP) is 2.07. The molecule has 23 heavy (non-hydrogen) atoms. The first kappa shape index (κ1) is 17.2. The number of hydrogen-bond donors (Lipinski definition) is 0. The van der Waals surface area contributed by atoms with Gasteiger partial charge in [0, 0.05) is 32.6 Å². The van der Waals surface area contributed by atoms with E-state index in [0.717, 1.165) is 12.8 Å². The molecule has 5 nitrogen and oxygen atoms in total. The summed E-state index contributed by atoms with van der Waals surface area (Å²) in [6.45, 7) is 4.10. The molecule has 126 valence electrons. The van der Waals surface area contributed by atoms with Gasteiger partial charge in [0.15, 0.2) is 18.2 Å². The van der Waals surface area contributed by atoms with Crippen molar-refractivity contribution in [3.63, 3.8) is 0 Å². The smallest absolute Gasteiger partial charge is 0.260 e. The Hall–Kier alpha value is -2.11. The van der Waals surface area contributed by atoms with Crippen LogP contribution in [0.2, 0.25) is 0 Å². The first-order valence-electron chi connectivity index (χ1n) is 8.04. The fourth-order valence-electron chi connectivity index (χ4n) is 2.58.